The monoisotopic (exact) mass is 293 g/mol. The first-order valence-corrected chi connectivity index (χ1v) is 7.88. The van der Waals surface area contributed by atoms with Gasteiger partial charge in [0.15, 0.2) is 0 Å². The molecule has 0 bridgehead atoms. The molecule has 0 spiro atoms. The number of likely N-dealkylation sites (tertiary alicyclic amines) is 1. The van der Waals surface area contributed by atoms with Crippen LogP contribution in [0.5, 0.6) is 0 Å². The first kappa shape index (κ1) is 13.6. The maximum atomic E-state index is 12.1. The van der Waals surface area contributed by atoms with Gasteiger partial charge < -0.3 is 16.0 Å². The molecule has 3 atom stereocenters. The second-order valence-electron chi connectivity index (χ2n) is 5.62. The van der Waals surface area contributed by atoms with Crippen molar-refractivity contribution in [3.05, 3.63) is 22.4 Å². The van der Waals surface area contributed by atoms with Crippen molar-refractivity contribution < 1.29 is 9.59 Å². The molecule has 108 valence electrons. The summed E-state index contributed by atoms with van der Waals surface area (Å²) in [7, 11) is 0. The van der Waals surface area contributed by atoms with Crippen LogP contribution in [0.4, 0.5) is 0 Å². The fourth-order valence-electron chi connectivity index (χ4n) is 3.27. The maximum Gasteiger partial charge on any atom is 0.261 e. The molecule has 1 aromatic heterocycles. The van der Waals surface area contributed by atoms with E-state index in [9.17, 15) is 9.59 Å². The van der Waals surface area contributed by atoms with E-state index in [1.54, 1.807) is 6.07 Å². The van der Waals surface area contributed by atoms with Crippen molar-refractivity contribution in [1.29, 1.82) is 0 Å². The van der Waals surface area contributed by atoms with E-state index in [-0.39, 0.29) is 24.4 Å². The normalized spacial score (nSPS) is 28.4. The number of carbonyl (C=O) groups excluding carboxylic acids is 2. The highest BCUT2D eigenvalue weighted by Gasteiger charge is 2.42. The van der Waals surface area contributed by atoms with Crippen molar-refractivity contribution in [2.24, 2.45) is 17.6 Å². The van der Waals surface area contributed by atoms with Gasteiger partial charge in [-0.2, -0.15) is 0 Å². The number of thiophene rings is 1. The van der Waals surface area contributed by atoms with Crippen LogP contribution in [-0.2, 0) is 4.79 Å². The van der Waals surface area contributed by atoms with Gasteiger partial charge in [-0.3, -0.25) is 9.59 Å². The molecule has 2 fully saturated rings. The van der Waals surface area contributed by atoms with Crippen LogP contribution in [0.3, 0.4) is 0 Å². The Hall–Kier alpha value is -1.40. The van der Waals surface area contributed by atoms with E-state index in [0.717, 1.165) is 25.9 Å². The number of carbonyl (C=O) groups is 2. The lowest BCUT2D eigenvalue weighted by atomic mass is 9.98. The van der Waals surface area contributed by atoms with E-state index in [0.29, 0.717) is 16.7 Å². The third-order valence-corrected chi connectivity index (χ3v) is 5.28. The molecule has 3 rings (SSSR count). The topological polar surface area (TPSA) is 75.4 Å². The maximum absolute atomic E-state index is 12.1. The summed E-state index contributed by atoms with van der Waals surface area (Å²) in [5, 5.41) is 4.53. The van der Waals surface area contributed by atoms with Gasteiger partial charge in [0.25, 0.3) is 5.91 Å². The first-order valence-electron chi connectivity index (χ1n) is 7.00. The molecule has 0 radical (unpaired) electrons. The number of hydrogen-bond acceptors (Lipinski definition) is 4. The second kappa shape index (κ2) is 5.54. The minimum absolute atomic E-state index is 0.00324. The van der Waals surface area contributed by atoms with Gasteiger partial charge in [-0.15, -0.1) is 11.3 Å². The summed E-state index contributed by atoms with van der Waals surface area (Å²) in [6.45, 7) is 1.62. The van der Waals surface area contributed by atoms with Gasteiger partial charge in [0.05, 0.1) is 11.4 Å². The summed E-state index contributed by atoms with van der Waals surface area (Å²) in [5.41, 5.74) is 6.06. The number of nitrogens with two attached hydrogens (primary N) is 1. The van der Waals surface area contributed by atoms with E-state index in [1.807, 2.05) is 16.3 Å². The number of amides is 2. The van der Waals surface area contributed by atoms with Crippen LogP contribution in [0.1, 0.15) is 22.5 Å². The molecule has 2 amide bonds. The molecule has 1 saturated carbocycles. The van der Waals surface area contributed by atoms with E-state index in [1.165, 1.54) is 11.3 Å². The minimum atomic E-state index is -0.176. The van der Waals surface area contributed by atoms with Gasteiger partial charge >= 0.3 is 0 Å². The van der Waals surface area contributed by atoms with Crippen molar-refractivity contribution >= 4 is 23.2 Å². The largest absolute Gasteiger partial charge is 0.342 e. The molecule has 1 aromatic rings. The zero-order valence-electron chi connectivity index (χ0n) is 11.2. The lowest BCUT2D eigenvalue weighted by Crippen LogP contribution is -2.40. The molecule has 2 heterocycles. The average molecular weight is 293 g/mol. The summed E-state index contributed by atoms with van der Waals surface area (Å²) in [6, 6.07) is 3.81. The highest BCUT2D eigenvalue weighted by molar-refractivity contribution is 7.12. The second-order valence-corrected chi connectivity index (χ2v) is 6.57. The van der Waals surface area contributed by atoms with Crippen molar-refractivity contribution in [3.63, 3.8) is 0 Å². The molecule has 0 aromatic carbocycles. The first-order chi connectivity index (χ1) is 9.65. The van der Waals surface area contributed by atoms with Gasteiger partial charge in [0.1, 0.15) is 0 Å². The van der Waals surface area contributed by atoms with Gasteiger partial charge in [0.2, 0.25) is 5.91 Å². The van der Waals surface area contributed by atoms with Gasteiger partial charge in [-0.1, -0.05) is 6.07 Å². The van der Waals surface area contributed by atoms with Crippen LogP contribution in [0.25, 0.3) is 0 Å². The number of fused-ring (bicyclic) bond motifs is 1. The fraction of sp³-hybridized carbons (Fsp3) is 0.571. The van der Waals surface area contributed by atoms with Crippen LogP contribution < -0.4 is 11.1 Å². The SMILES string of the molecule is NC1CCC2CN(C(=O)CNC(=O)c3cccs3)CC12. The van der Waals surface area contributed by atoms with E-state index >= 15 is 0 Å². The summed E-state index contributed by atoms with van der Waals surface area (Å²) in [4.78, 5) is 26.4. The van der Waals surface area contributed by atoms with Gasteiger partial charge in [-0.05, 0) is 36.1 Å². The Morgan fingerprint density at radius 2 is 2.25 bits per heavy atom. The molecule has 3 N–H and O–H groups in total. The fourth-order valence-corrected chi connectivity index (χ4v) is 3.91. The van der Waals surface area contributed by atoms with Crippen molar-refractivity contribution in [3.8, 4) is 0 Å². The molecular formula is C14H19N3O2S. The summed E-state index contributed by atoms with van der Waals surface area (Å²) in [5.74, 6) is 0.829. The molecule has 6 heteroatoms. The number of rotatable bonds is 3. The highest BCUT2D eigenvalue weighted by Crippen LogP contribution is 2.36. The van der Waals surface area contributed by atoms with Crippen LogP contribution >= 0.6 is 11.3 Å². The number of hydrogen-bond donors (Lipinski definition) is 2. The molecule has 1 saturated heterocycles. The lowest BCUT2D eigenvalue weighted by molar-refractivity contribution is -0.129. The van der Waals surface area contributed by atoms with Crippen LogP contribution in [0, 0.1) is 11.8 Å². The van der Waals surface area contributed by atoms with Crippen molar-refractivity contribution in [1.82, 2.24) is 10.2 Å². The standard InChI is InChI=1S/C14H19N3O2S/c15-11-4-3-9-7-17(8-10(9)11)13(18)6-16-14(19)12-2-1-5-20-12/h1-2,5,9-11H,3-4,6-8,15H2,(H,16,19). The highest BCUT2D eigenvalue weighted by atomic mass is 32.1. The lowest BCUT2D eigenvalue weighted by Gasteiger charge is -2.18. The third kappa shape index (κ3) is 2.58. The third-order valence-electron chi connectivity index (χ3n) is 4.41. The van der Waals surface area contributed by atoms with Crippen molar-refractivity contribution in [2.75, 3.05) is 19.6 Å². The van der Waals surface area contributed by atoms with E-state index in [2.05, 4.69) is 5.32 Å². The Kier molecular flexibility index (Phi) is 3.76. The molecule has 1 aliphatic heterocycles. The minimum Gasteiger partial charge on any atom is -0.342 e. The Labute approximate surface area is 122 Å². The van der Waals surface area contributed by atoms with E-state index < -0.39 is 0 Å². The molecule has 5 nitrogen and oxygen atoms in total. The quantitative estimate of drug-likeness (QED) is 0.860. The predicted octanol–water partition coefficient (Wildman–Crippen LogP) is 0.674. The molecule has 3 unspecified atom stereocenters. The van der Waals surface area contributed by atoms with Gasteiger partial charge in [-0.25, -0.2) is 0 Å². The zero-order valence-corrected chi connectivity index (χ0v) is 12.1. The number of nitrogens with zero attached hydrogens (tertiary/aromatic N) is 1. The van der Waals surface area contributed by atoms with Crippen LogP contribution in [0.2, 0.25) is 0 Å². The summed E-state index contributed by atoms with van der Waals surface area (Å²) < 4.78 is 0. The molecule has 2 aliphatic rings. The van der Waals surface area contributed by atoms with Crippen molar-refractivity contribution in [2.45, 2.75) is 18.9 Å². The summed E-state index contributed by atoms with van der Waals surface area (Å²) >= 11 is 1.38. The van der Waals surface area contributed by atoms with Crippen LogP contribution in [-0.4, -0.2) is 42.4 Å². The van der Waals surface area contributed by atoms with Crippen LogP contribution in [0.15, 0.2) is 17.5 Å². The molecule has 1 aliphatic carbocycles. The summed E-state index contributed by atoms with van der Waals surface area (Å²) in [6.07, 6.45) is 2.20. The van der Waals surface area contributed by atoms with Gasteiger partial charge in [0, 0.05) is 19.1 Å². The predicted molar refractivity (Wildman–Crippen MR) is 77.4 cm³/mol. The molecular weight excluding hydrogens is 274 g/mol. The molecule has 20 heavy (non-hydrogen) atoms. The zero-order chi connectivity index (χ0) is 14.1. The average Bonchev–Trinajstić information content (AvgIpc) is 3.14. The Morgan fingerprint density at radius 3 is 2.95 bits per heavy atom. The number of nitrogens with one attached hydrogen (secondary N) is 1. The Morgan fingerprint density at radius 1 is 1.40 bits per heavy atom. The Bertz CT molecular complexity index is 503. The van der Waals surface area contributed by atoms with E-state index in [4.69, 9.17) is 5.73 Å². The Balaban J connectivity index is 1.50. The smallest absolute Gasteiger partial charge is 0.261 e.